The Morgan fingerprint density at radius 3 is 2.03 bits per heavy atom. The average Bonchev–Trinajstić information content (AvgIpc) is 2.88. The van der Waals surface area contributed by atoms with Crippen LogP contribution in [0.15, 0.2) is 41.7 Å². The Balaban J connectivity index is 2.27. The van der Waals surface area contributed by atoms with Crippen molar-refractivity contribution in [2.75, 3.05) is 0 Å². The molecule has 0 amide bonds. The molecule has 1 aliphatic carbocycles. The topological polar surface area (TPSA) is 132 Å². The number of phenolic OH excluding ortho intramolecular Hbond substituents is 3. The lowest BCUT2D eigenvalue weighted by molar-refractivity contribution is -0.144. The lowest BCUT2D eigenvalue weighted by Gasteiger charge is -2.41. The summed E-state index contributed by atoms with van der Waals surface area (Å²) in [7, 11) is 0. The Morgan fingerprint density at radius 2 is 1.47 bits per heavy atom. The van der Waals surface area contributed by atoms with Gasteiger partial charge in [0.05, 0.1) is 10.8 Å². The summed E-state index contributed by atoms with van der Waals surface area (Å²) in [6.45, 7) is 11.1. The molecule has 0 heterocycles. The summed E-state index contributed by atoms with van der Waals surface area (Å²) in [5, 5.41) is 44.8. The van der Waals surface area contributed by atoms with Gasteiger partial charge in [-0.1, -0.05) is 50.6 Å². The zero-order valence-electron chi connectivity index (χ0n) is 23.2. The SMILES string of the molecule is CC[C@H](C)[C@H](C1=C(O)C(C)(C)C(=O)C(C)(C)C1=O)c1c(O)c(C)c(O)c(C(=O)CCc2ccccc2)c1O. The quantitative estimate of drug-likeness (QED) is 0.244. The number of carbonyl (C=O) groups excluding carboxylic acids is 3. The fourth-order valence-electron chi connectivity index (χ4n) is 5.46. The molecule has 3 rings (SSSR count). The number of phenols is 3. The number of allylic oxidation sites excluding steroid dienone is 2. The molecule has 2 aromatic carbocycles. The number of benzene rings is 2. The Bertz CT molecular complexity index is 1320. The predicted octanol–water partition coefficient (Wildman–Crippen LogP) is 6.07. The molecule has 1 aliphatic rings. The fourth-order valence-corrected chi connectivity index (χ4v) is 5.46. The highest BCUT2D eigenvalue weighted by atomic mass is 16.3. The summed E-state index contributed by atoms with van der Waals surface area (Å²) in [5.41, 5.74) is -2.48. The summed E-state index contributed by atoms with van der Waals surface area (Å²) < 4.78 is 0. The van der Waals surface area contributed by atoms with Gasteiger partial charge in [0, 0.05) is 29.0 Å². The monoisotopic (exact) mass is 522 g/mol. The smallest absolute Gasteiger partial charge is 0.175 e. The second-order valence-corrected chi connectivity index (χ2v) is 11.4. The van der Waals surface area contributed by atoms with E-state index in [-0.39, 0.29) is 28.7 Å². The lowest BCUT2D eigenvalue weighted by atomic mass is 9.59. The molecule has 0 aliphatic heterocycles. The summed E-state index contributed by atoms with van der Waals surface area (Å²) in [4.78, 5) is 40.1. The lowest BCUT2D eigenvalue weighted by Crippen LogP contribution is -2.50. The first-order valence-corrected chi connectivity index (χ1v) is 13.0. The third kappa shape index (κ3) is 4.59. The zero-order chi connectivity index (χ0) is 28.7. The molecule has 2 atom stereocenters. The van der Waals surface area contributed by atoms with Crippen LogP contribution in [-0.2, 0) is 16.0 Å². The van der Waals surface area contributed by atoms with Gasteiger partial charge in [0.25, 0.3) is 0 Å². The maximum atomic E-state index is 13.7. The Kier molecular flexibility index (Phi) is 7.83. The summed E-state index contributed by atoms with van der Waals surface area (Å²) in [5.74, 6) is -5.06. The van der Waals surface area contributed by atoms with Gasteiger partial charge in [0.1, 0.15) is 28.6 Å². The van der Waals surface area contributed by atoms with Crippen molar-refractivity contribution in [1.82, 2.24) is 0 Å². The maximum Gasteiger partial charge on any atom is 0.175 e. The highest BCUT2D eigenvalue weighted by Crippen LogP contribution is 2.54. The molecule has 204 valence electrons. The van der Waals surface area contributed by atoms with Crippen LogP contribution < -0.4 is 0 Å². The van der Waals surface area contributed by atoms with E-state index in [4.69, 9.17) is 0 Å². The molecular weight excluding hydrogens is 484 g/mol. The van der Waals surface area contributed by atoms with Gasteiger partial charge in [0.2, 0.25) is 0 Å². The predicted molar refractivity (Wildman–Crippen MR) is 145 cm³/mol. The second-order valence-electron chi connectivity index (χ2n) is 11.4. The minimum absolute atomic E-state index is 0.00969. The van der Waals surface area contributed by atoms with Crippen molar-refractivity contribution in [1.29, 1.82) is 0 Å². The van der Waals surface area contributed by atoms with Crippen LogP contribution in [0.5, 0.6) is 17.2 Å². The van der Waals surface area contributed by atoms with Crippen LogP contribution in [0.25, 0.3) is 0 Å². The number of hydrogen-bond acceptors (Lipinski definition) is 7. The first-order chi connectivity index (χ1) is 17.6. The van der Waals surface area contributed by atoms with Crippen LogP contribution >= 0.6 is 0 Å². The van der Waals surface area contributed by atoms with E-state index in [2.05, 4.69) is 0 Å². The number of rotatable bonds is 8. The molecule has 7 nitrogen and oxygen atoms in total. The molecular formula is C31H38O7. The second kappa shape index (κ2) is 10.3. The fraction of sp³-hybridized carbons (Fsp3) is 0.452. The van der Waals surface area contributed by atoms with Gasteiger partial charge in [-0.2, -0.15) is 0 Å². The largest absolute Gasteiger partial charge is 0.511 e. The number of aryl methyl sites for hydroxylation is 1. The van der Waals surface area contributed by atoms with E-state index >= 15 is 0 Å². The van der Waals surface area contributed by atoms with Gasteiger partial charge in [-0.05, 0) is 52.5 Å². The van der Waals surface area contributed by atoms with E-state index in [0.29, 0.717) is 12.8 Å². The molecule has 7 heteroatoms. The van der Waals surface area contributed by atoms with Gasteiger partial charge < -0.3 is 20.4 Å². The molecule has 2 aromatic rings. The van der Waals surface area contributed by atoms with E-state index in [1.807, 2.05) is 37.3 Å². The molecule has 0 saturated carbocycles. The minimum atomic E-state index is -1.46. The van der Waals surface area contributed by atoms with Crippen LogP contribution in [0.4, 0.5) is 0 Å². The van der Waals surface area contributed by atoms with E-state index in [1.54, 1.807) is 6.92 Å². The van der Waals surface area contributed by atoms with Crippen molar-refractivity contribution in [3.8, 4) is 17.2 Å². The molecule has 0 bridgehead atoms. The number of Topliss-reactive ketones (excluding diaryl/α,β-unsaturated/α-hetero) is 3. The molecule has 0 spiro atoms. The molecule has 4 N–H and O–H groups in total. The van der Waals surface area contributed by atoms with Crippen LogP contribution in [0.3, 0.4) is 0 Å². The minimum Gasteiger partial charge on any atom is -0.511 e. The number of aliphatic hydroxyl groups is 1. The Hall–Kier alpha value is -3.61. The zero-order valence-corrected chi connectivity index (χ0v) is 23.2. The highest BCUT2D eigenvalue weighted by Gasteiger charge is 2.55. The average molecular weight is 523 g/mol. The molecule has 0 fully saturated rings. The molecule has 0 radical (unpaired) electrons. The van der Waals surface area contributed by atoms with Crippen molar-refractivity contribution < 1.29 is 34.8 Å². The van der Waals surface area contributed by atoms with Crippen LogP contribution in [0.1, 0.15) is 87.4 Å². The molecule has 0 aromatic heterocycles. The first kappa shape index (κ1) is 29.0. The summed E-state index contributed by atoms with van der Waals surface area (Å²) in [6.07, 6.45) is 0.849. The normalized spacial score (nSPS) is 18.4. The van der Waals surface area contributed by atoms with Gasteiger partial charge in [-0.15, -0.1) is 0 Å². The van der Waals surface area contributed by atoms with Crippen molar-refractivity contribution in [2.45, 2.75) is 73.6 Å². The molecule has 0 saturated heterocycles. The van der Waals surface area contributed by atoms with E-state index in [1.165, 1.54) is 34.6 Å². The third-order valence-corrected chi connectivity index (χ3v) is 8.09. The standard InChI is InChI=1S/C31H38O7/c1-8-16(2)20(23-27(36)30(4,5)29(38)31(6,7)28(23)37)22-25(34)17(3)24(33)21(26(22)35)19(32)15-14-18-12-10-9-11-13-18/h9-13,16,20,33-36H,8,14-15H2,1-7H3/t16-,20-/m0/s1. The van der Waals surface area contributed by atoms with Crippen LogP contribution in [-0.4, -0.2) is 37.8 Å². The number of aromatic hydroxyl groups is 3. The van der Waals surface area contributed by atoms with Gasteiger partial charge in [0.15, 0.2) is 17.3 Å². The first-order valence-electron chi connectivity index (χ1n) is 13.0. The van der Waals surface area contributed by atoms with Crippen molar-refractivity contribution >= 4 is 17.3 Å². The van der Waals surface area contributed by atoms with Gasteiger partial charge in [-0.3, -0.25) is 14.4 Å². The van der Waals surface area contributed by atoms with Crippen LogP contribution in [0, 0.1) is 23.7 Å². The third-order valence-electron chi connectivity index (χ3n) is 8.09. The van der Waals surface area contributed by atoms with Crippen molar-refractivity contribution in [2.24, 2.45) is 16.7 Å². The Labute approximate surface area is 223 Å². The van der Waals surface area contributed by atoms with E-state index in [9.17, 15) is 34.8 Å². The van der Waals surface area contributed by atoms with E-state index in [0.717, 1.165) is 5.56 Å². The number of ketones is 3. The highest BCUT2D eigenvalue weighted by molar-refractivity contribution is 6.19. The Morgan fingerprint density at radius 1 is 0.895 bits per heavy atom. The van der Waals surface area contributed by atoms with E-state index < -0.39 is 63.0 Å². The molecule has 0 unspecified atom stereocenters. The van der Waals surface area contributed by atoms with Gasteiger partial charge in [-0.25, -0.2) is 0 Å². The van der Waals surface area contributed by atoms with Gasteiger partial charge >= 0.3 is 0 Å². The maximum absolute atomic E-state index is 13.7. The number of hydrogen-bond donors (Lipinski definition) is 4. The number of aliphatic hydroxyl groups excluding tert-OH is 1. The van der Waals surface area contributed by atoms with Crippen molar-refractivity contribution in [3.05, 3.63) is 63.9 Å². The molecule has 38 heavy (non-hydrogen) atoms. The van der Waals surface area contributed by atoms with Crippen molar-refractivity contribution in [3.63, 3.8) is 0 Å². The summed E-state index contributed by atoms with van der Waals surface area (Å²) >= 11 is 0. The van der Waals surface area contributed by atoms with Crippen LogP contribution in [0.2, 0.25) is 0 Å². The summed E-state index contributed by atoms with van der Waals surface area (Å²) in [6, 6.07) is 9.30. The number of carbonyl (C=O) groups is 3.